The lowest BCUT2D eigenvalue weighted by molar-refractivity contribution is -0.298. The molecule has 0 aliphatic carbocycles. The van der Waals surface area contributed by atoms with Gasteiger partial charge in [-0.1, -0.05) is 174 Å². The standard InChI is InChI=1S/C44H85NO12S/c1-3-5-7-9-11-13-14-15-16-17-18-19-20-21-22-23-24-25-27-29-31-33-38(48)43(51)45-36(37(47)32-30-28-26-12-10-8-6-4-2)35-55-44-41(50)42(57-58(52,53)54)40(49)39(34-46)56-44/h20-21,36-42,44,46-50H,3-19,22-35H2,1-2H3,(H,45,51)(H,52,53,54)/b21-20-. The first-order valence-corrected chi connectivity index (χ1v) is 24.5. The number of carbonyl (C=O) groups is 1. The summed E-state index contributed by atoms with van der Waals surface area (Å²) in [5.74, 6) is -0.676. The van der Waals surface area contributed by atoms with Crippen LogP contribution in [-0.2, 0) is 28.9 Å². The van der Waals surface area contributed by atoms with E-state index in [-0.39, 0.29) is 6.42 Å². The third-order valence-corrected chi connectivity index (χ3v) is 11.6. The summed E-state index contributed by atoms with van der Waals surface area (Å²) in [6, 6.07) is -1.03. The minimum absolute atomic E-state index is 0.254. The second-order valence-corrected chi connectivity index (χ2v) is 17.5. The molecule has 1 rings (SSSR count). The third-order valence-electron chi connectivity index (χ3n) is 11.2. The fourth-order valence-corrected chi connectivity index (χ4v) is 7.97. The molecule has 0 aromatic rings. The van der Waals surface area contributed by atoms with Crippen LogP contribution < -0.4 is 5.32 Å². The van der Waals surface area contributed by atoms with Gasteiger partial charge in [-0.25, -0.2) is 4.18 Å². The van der Waals surface area contributed by atoms with Crippen LogP contribution in [0.5, 0.6) is 0 Å². The van der Waals surface area contributed by atoms with E-state index >= 15 is 0 Å². The molecule has 1 aliphatic heterocycles. The van der Waals surface area contributed by atoms with Crippen molar-refractivity contribution in [2.24, 2.45) is 0 Å². The minimum atomic E-state index is -5.10. The van der Waals surface area contributed by atoms with Crippen LogP contribution in [0.2, 0.25) is 0 Å². The summed E-state index contributed by atoms with van der Waals surface area (Å²) in [5.41, 5.74) is 0. The number of aliphatic hydroxyl groups excluding tert-OH is 5. The van der Waals surface area contributed by atoms with Crippen LogP contribution >= 0.6 is 0 Å². The van der Waals surface area contributed by atoms with Gasteiger partial charge >= 0.3 is 10.4 Å². The first-order chi connectivity index (χ1) is 27.9. The Kier molecular flexibility index (Phi) is 33.5. The molecule has 1 saturated heterocycles. The van der Waals surface area contributed by atoms with Crippen LogP contribution in [0, 0.1) is 0 Å². The van der Waals surface area contributed by atoms with Crippen molar-refractivity contribution in [1.82, 2.24) is 5.32 Å². The molecule has 8 unspecified atom stereocenters. The van der Waals surface area contributed by atoms with Gasteiger partial charge in [0.1, 0.15) is 30.5 Å². The van der Waals surface area contributed by atoms with Gasteiger partial charge < -0.3 is 40.3 Å². The molecule has 0 aromatic heterocycles. The fourth-order valence-electron chi connectivity index (χ4n) is 7.46. The van der Waals surface area contributed by atoms with Crippen LogP contribution in [0.1, 0.15) is 200 Å². The van der Waals surface area contributed by atoms with Crippen LogP contribution in [-0.4, -0.2) is 107 Å². The van der Waals surface area contributed by atoms with E-state index in [0.717, 1.165) is 64.2 Å². The van der Waals surface area contributed by atoms with Crippen molar-refractivity contribution in [2.45, 2.75) is 249 Å². The third kappa shape index (κ3) is 27.6. The molecule has 14 heteroatoms. The molecule has 58 heavy (non-hydrogen) atoms. The highest BCUT2D eigenvalue weighted by Crippen LogP contribution is 2.26. The maximum absolute atomic E-state index is 13.1. The molecule has 13 nitrogen and oxygen atoms in total. The molecule has 1 aliphatic rings. The van der Waals surface area contributed by atoms with E-state index < -0.39 is 78.5 Å². The number of hydrogen-bond acceptors (Lipinski definition) is 11. The number of ether oxygens (including phenoxy) is 2. The highest BCUT2D eigenvalue weighted by Gasteiger charge is 2.48. The molecule has 7 N–H and O–H groups in total. The van der Waals surface area contributed by atoms with E-state index in [1.165, 1.54) is 96.3 Å². The van der Waals surface area contributed by atoms with Crippen LogP contribution in [0.3, 0.4) is 0 Å². The van der Waals surface area contributed by atoms with Crippen molar-refractivity contribution >= 4 is 16.3 Å². The molecule has 1 amide bonds. The zero-order valence-electron chi connectivity index (χ0n) is 36.2. The van der Waals surface area contributed by atoms with Gasteiger partial charge in [-0.05, 0) is 38.5 Å². The molecule has 0 bridgehead atoms. The normalized spacial score (nSPS) is 21.7. The Morgan fingerprint density at radius 1 is 0.672 bits per heavy atom. The van der Waals surface area contributed by atoms with Gasteiger partial charge in [-0.15, -0.1) is 0 Å². The highest BCUT2D eigenvalue weighted by molar-refractivity contribution is 7.80. The summed E-state index contributed by atoms with van der Waals surface area (Å²) in [7, 11) is -5.10. The molecule has 1 fully saturated rings. The van der Waals surface area contributed by atoms with E-state index in [2.05, 4.69) is 35.5 Å². The second-order valence-electron chi connectivity index (χ2n) is 16.5. The largest absolute Gasteiger partial charge is 0.397 e. The number of carbonyl (C=O) groups excluding carboxylic acids is 1. The summed E-state index contributed by atoms with van der Waals surface area (Å²) in [4.78, 5) is 13.1. The number of nitrogens with one attached hydrogen (secondary N) is 1. The van der Waals surface area contributed by atoms with Gasteiger partial charge in [0, 0.05) is 0 Å². The number of rotatable bonds is 39. The zero-order chi connectivity index (χ0) is 42.9. The predicted molar refractivity (Wildman–Crippen MR) is 228 cm³/mol. The Balaban J connectivity index is 2.44. The van der Waals surface area contributed by atoms with E-state index in [1.807, 2.05) is 0 Å². The average Bonchev–Trinajstić information content (AvgIpc) is 3.19. The van der Waals surface area contributed by atoms with Gasteiger partial charge in [0.2, 0.25) is 5.91 Å². The second kappa shape index (κ2) is 35.4. The molecule has 344 valence electrons. The van der Waals surface area contributed by atoms with Crippen LogP contribution in [0.25, 0.3) is 0 Å². The summed E-state index contributed by atoms with van der Waals surface area (Å²) in [5, 5.41) is 55.1. The number of amides is 1. The topological polar surface area (TPSA) is 212 Å². The highest BCUT2D eigenvalue weighted by atomic mass is 32.3. The van der Waals surface area contributed by atoms with Crippen molar-refractivity contribution < 1.29 is 57.0 Å². The van der Waals surface area contributed by atoms with Crippen molar-refractivity contribution in [3.05, 3.63) is 12.2 Å². The maximum atomic E-state index is 13.1. The smallest absolute Gasteiger partial charge is 0.394 e. The molecular formula is C44H85NO12S. The van der Waals surface area contributed by atoms with Gasteiger partial charge in [0.15, 0.2) is 6.29 Å². The number of allylic oxidation sites excluding steroid dienone is 2. The monoisotopic (exact) mass is 852 g/mol. The number of aliphatic hydroxyl groups is 5. The van der Waals surface area contributed by atoms with E-state index in [9.17, 15) is 38.7 Å². The Morgan fingerprint density at radius 2 is 1.10 bits per heavy atom. The Bertz CT molecular complexity index is 1110. The first-order valence-electron chi connectivity index (χ1n) is 23.2. The fraction of sp³-hybridized carbons (Fsp3) is 0.932. The van der Waals surface area contributed by atoms with Gasteiger partial charge in [-0.3, -0.25) is 9.35 Å². The van der Waals surface area contributed by atoms with E-state index in [1.54, 1.807) is 0 Å². The SMILES string of the molecule is CCCCCCCCCCCCC/C=C\CCCCCCCCC(O)C(=O)NC(COC1OC(CO)C(O)C(OS(=O)(=O)O)C1O)C(O)CCCCCCCCCC. The van der Waals surface area contributed by atoms with Crippen molar-refractivity contribution in [2.75, 3.05) is 13.2 Å². The van der Waals surface area contributed by atoms with Crippen molar-refractivity contribution in [1.29, 1.82) is 0 Å². The van der Waals surface area contributed by atoms with Gasteiger partial charge in [-0.2, -0.15) is 8.42 Å². The van der Waals surface area contributed by atoms with Crippen molar-refractivity contribution in [3.8, 4) is 0 Å². The lowest BCUT2D eigenvalue weighted by Gasteiger charge is -2.41. The van der Waals surface area contributed by atoms with Crippen molar-refractivity contribution in [3.63, 3.8) is 0 Å². The minimum Gasteiger partial charge on any atom is -0.394 e. The average molecular weight is 852 g/mol. The zero-order valence-corrected chi connectivity index (χ0v) is 37.1. The molecule has 8 atom stereocenters. The molecule has 0 aromatic carbocycles. The summed E-state index contributed by atoms with van der Waals surface area (Å²) < 4.78 is 47.4. The lowest BCUT2D eigenvalue weighted by atomic mass is 9.99. The lowest BCUT2D eigenvalue weighted by Crippen LogP contribution is -2.61. The maximum Gasteiger partial charge on any atom is 0.397 e. The number of hydrogen-bond donors (Lipinski definition) is 7. The summed E-state index contributed by atoms with van der Waals surface area (Å²) in [6.07, 6.45) is 25.7. The van der Waals surface area contributed by atoms with Gasteiger partial charge in [0.25, 0.3) is 0 Å². The van der Waals surface area contributed by atoms with Crippen LogP contribution in [0.15, 0.2) is 12.2 Å². The summed E-state index contributed by atoms with van der Waals surface area (Å²) in [6.45, 7) is 3.23. The number of unbranched alkanes of at least 4 members (excludes halogenated alkanes) is 24. The Morgan fingerprint density at radius 3 is 1.55 bits per heavy atom. The van der Waals surface area contributed by atoms with Crippen LogP contribution in [0.4, 0.5) is 0 Å². The van der Waals surface area contributed by atoms with Gasteiger partial charge in [0.05, 0.1) is 25.4 Å². The molecule has 0 saturated carbocycles. The Hall–Kier alpha value is -1.20. The molecule has 0 radical (unpaired) electrons. The molecular weight excluding hydrogens is 767 g/mol. The summed E-state index contributed by atoms with van der Waals surface area (Å²) >= 11 is 0. The molecule has 0 spiro atoms. The molecule has 1 heterocycles. The van der Waals surface area contributed by atoms with E-state index in [0.29, 0.717) is 19.3 Å². The Labute approximate surface area is 352 Å². The van der Waals surface area contributed by atoms with E-state index in [4.69, 9.17) is 14.0 Å². The predicted octanol–water partition coefficient (Wildman–Crippen LogP) is 7.75. The first kappa shape index (κ1) is 54.8. The quantitative estimate of drug-likeness (QED) is 0.0180.